The first-order chi connectivity index (χ1) is 9.22. The van der Waals surface area contributed by atoms with Gasteiger partial charge in [-0.1, -0.05) is 6.07 Å². The molecule has 2 N–H and O–H groups in total. The number of nitrogens with one attached hydrogen (secondary N) is 2. The van der Waals surface area contributed by atoms with Crippen LogP contribution < -0.4 is 11.1 Å². The number of oxazole rings is 1. The van der Waals surface area contributed by atoms with Crippen LogP contribution in [0.4, 0.5) is 5.69 Å². The Bertz CT molecular complexity index is 746. The van der Waals surface area contributed by atoms with Crippen molar-refractivity contribution in [2.75, 3.05) is 5.32 Å². The second-order valence-electron chi connectivity index (χ2n) is 4.38. The largest absolute Gasteiger partial charge is 0.417 e. The Kier molecular flexibility index (Phi) is 2.79. The zero-order valence-corrected chi connectivity index (χ0v) is 10.4. The molecule has 5 nitrogen and oxygen atoms in total. The van der Waals surface area contributed by atoms with Gasteiger partial charge >= 0.3 is 5.76 Å². The average Bonchev–Trinajstić information content (AvgIpc) is 2.79. The molecule has 0 radical (unpaired) electrons. The van der Waals surface area contributed by atoms with Gasteiger partial charge < -0.3 is 9.73 Å². The molecule has 1 atom stereocenters. The first kappa shape index (κ1) is 11.5. The van der Waals surface area contributed by atoms with Crippen molar-refractivity contribution >= 4 is 16.8 Å². The molecule has 2 heterocycles. The zero-order valence-electron chi connectivity index (χ0n) is 10.4. The third-order valence-corrected chi connectivity index (χ3v) is 2.99. The number of pyridine rings is 1. The lowest BCUT2D eigenvalue weighted by atomic mass is 10.1. The SMILES string of the molecule is CC(Nc1ccc2oc(=O)[nH]c2c1)c1cccnc1. The summed E-state index contributed by atoms with van der Waals surface area (Å²) in [5.74, 6) is -0.438. The minimum absolute atomic E-state index is 0.129. The van der Waals surface area contributed by atoms with E-state index in [9.17, 15) is 4.79 Å². The van der Waals surface area contributed by atoms with Gasteiger partial charge in [-0.3, -0.25) is 9.97 Å². The van der Waals surface area contributed by atoms with Crippen molar-refractivity contribution < 1.29 is 4.42 Å². The van der Waals surface area contributed by atoms with Gasteiger partial charge in [-0.25, -0.2) is 4.79 Å². The summed E-state index contributed by atoms with van der Waals surface area (Å²) >= 11 is 0. The monoisotopic (exact) mass is 255 g/mol. The summed E-state index contributed by atoms with van der Waals surface area (Å²) in [6, 6.07) is 9.56. The summed E-state index contributed by atoms with van der Waals surface area (Å²) in [7, 11) is 0. The number of hydrogen-bond acceptors (Lipinski definition) is 4. The van der Waals surface area contributed by atoms with Gasteiger partial charge in [0, 0.05) is 18.1 Å². The van der Waals surface area contributed by atoms with Gasteiger partial charge in [-0.05, 0) is 36.8 Å². The van der Waals surface area contributed by atoms with Crippen molar-refractivity contribution in [3.05, 3.63) is 58.8 Å². The third-order valence-electron chi connectivity index (χ3n) is 2.99. The molecule has 5 heteroatoms. The number of fused-ring (bicyclic) bond motifs is 1. The van der Waals surface area contributed by atoms with E-state index in [1.165, 1.54) is 0 Å². The summed E-state index contributed by atoms with van der Waals surface area (Å²) in [5.41, 5.74) is 3.27. The van der Waals surface area contributed by atoms with Crippen molar-refractivity contribution in [1.82, 2.24) is 9.97 Å². The Morgan fingerprint density at radius 1 is 1.37 bits per heavy atom. The van der Waals surface area contributed by atoms with Crippen LogP contribution in [-0.2, 0) is 0 Å². The maximum Gasteiger partial charge on any atom is 0.417 e. The summed E-state index contributed by atoms with van der Waals surface area (Å²) in [5, 5.41) is 3.36. The summed E-state index contributed by atoms with van der Waals surface area (Å²) in [6.07, 6.45) is 3.58. The fourth-order valence-electron chi connectivity index (χ4n) is 2.01. The van der Waals surface area contributed by atoms with Crippen LogP contribution in [0.2, 0.25) is 0 Å². The van der Waals surface area contributed by atoms with Gasteiger partial charge in [0.05, 0.1) is 11.6 Å². The zero-order chi connectivity index (χ0) is 13.2. The Balaban J connectivity index is 1.87. The molecule has 0 spiro atoms. The first-order valence-electron chi connectivity index (χ1n) is 6.02. The molecule has 0 bridgehead atoms. The molecule has 2 aromatic heterocycles. The molecule has 0 aliphatic carbocycles. The van der Waals surface area contributed by atoms with Crippen LogP contribution in [-0.4, -0.2) is 9.97 Å². The molecule has 0 saturated heterocycles. The number of H-pyrrole nitrogens is 1. The first-order valence-corrected chi connectivity index (χ1v) is 6.02. The van der Waals surface area contributed by atoms with E-state index >= 15 is 0 Å². The quantitative estimate of drug-likeness (QED) is 0.754. The average molecular weight is 255 g/mol. The molecule has 96 valence electrons. The topological polar surface area (TPSA) is 70.9 Å². The number of rotatable bonds is 3. The van der Waals surface area contributed by atoms with E-state index in [1.807, 2.05) is 30.5 Å². The molecule has 3 aromatic rings. The lowest BCUT2D eigenvalue weighted by Gasteiger charge is -2.15. The Morgan fingerprint density at radius 2 is 2.26 bits per heavy atom. The highest BCUT2D eigenvalue weighted by atomic mass is 16.4. The molecular weight excluding hydrogens is 242 g/mol. The molecule has 0 aliphatic heterocycles. The van der Waals surface area contributed by atoms with E-state index in [0.717, 1.165) is 11.3 Å². The van der Waals surface area contributed by atoms with Gasteiger partial charge in [-0.2, -0.15) is 0 Å². The number of aromatic amines is 1. The third kappa shape index (κ3) is 2.35. The second-order valence-corrected chi connectivity index (χ2v) is 4.38. The van der Waals surface area contributed by atoms with Crippen molar-refractivity contribution in [3.8, 4) is 0 Å². The van der Waals surface area contributed by atoms with Gasteiger partial charge in [0.1, 0.15) is 0 Å². The molecule has 0 fully saturated rings. The van der Waals surface area contributed by atoms with E-state index < -0.39 is 5.76 Å². The molecule has 0 amide bonds. The molecule has 1 aromatic carbocycles. The van der Waals surface area contributed by atoms with Crippen LogP contribution >= 0.6 is 0 Å². The highest BCUT2D eigenvalue weighted by Gasteiger charge is 2.07. The summed E-state index contributed by atoms with van der Waals surface area (Å²) < 4.78 is 4.96. The van der Waals surface area contributed by atoms with Crippen LogP contribution in [0, 0.1) is 0 Å². The van der Waals surface area contributed by atoms with Crippen LogP contribution in [0.3, 0.4) is 0 Å². The summed E-state index contributed by atoms with van der Waals surface area (Å²) in [6.45, 7) is 2.05. The Morgan fingerprint density at radius 3 is 3.05 bits per heavy atom. The van der Waals surface area contributed by atoms with Gasteiger partial charge in [0.25, 0.3) is 0 Å². The number of aromatic nitrogens is 2. The fraction of sp³-hybridized carbons (Fsp3) is 0.143. The maximum atomic E-state index is 11.1. The molecule has 0 saturated carbocycles. The predicted molar refractivity (Wildman–Crippen MR) is 73.1 cm³/mol. The number of benzene rings is 1. The maximum absolute atomic E-state index is 11.1. The normalized spacial score (nSPS) is 12.5. The summed E-state index contributed by atoms with van der Waals surface area (Å²) in [4.78, 5) is 17.8. The van der Waals surface area contributed by atoms with E-state index in [0.29, 0.717) is 11.1 Å². The van der Waals surface area contributed by atoms with Crippen LogP contribution in [0.15, 0.2) is 51.9 Å². The highest BCUT2D eigenvalue weighted by Crippen LogP contribution is 2.21. The van der Waals surface area contributed by atoms with E-state index in [-0.39, 0.29) is 6.04 Å². The van der Waals surface area contributed by atoms with Crippen LogP contribution in [0.5, 0.6) is 0 Å². The molecule has 1 unspecified atom stereocenters. The van der Waals surface area contributed by atoms with Gasteiger partial charge in [-0.15, -0.1) is 0 Å². The van der Waals surface area contributed by atoms with E-state index in [4.69, 9.17) is 4.42 Å². The number of hydrogen-bond donors (Lipinski definition) is 2. The lowest BCUT2D eigenvalue weighted by molar-refractivity contribution is 0.555. The van der Waals surface area contributed by atoms with E-state index in [1.54, 1.807) is 12.3 Å². The van der Waals surface area contributed by atoms with Crippen LogP contribution in [0.25, 0.3) is 11.1 Å². The number of nitrogens with zero attached hydrogens (tertiary/aromatic N) is 1. The highest BCUT2D eigenvalue weighted by molar-refractivity contribution is 5.76. The number of anilines is 1. The lowest BCUT2D eigenvalue weighted by Crippen LogP contribution is -2.06. The van der Waals surface area contributed by atoms with Crippen molar-refractivity contribution in [1.29, 1.82) is 0 Å². The standard InChI is InChI=1S/C14H13N3O2/c1-9(10-3-2-6-15-8-10)16-11-4-5-13-12(7-11)17-14(18)19-13/h2-9,16H,1H3,(H,17,18). The Labute approximate surface area is 109 Å². The predicted octanol–water partition coefficient (Wildman–Crippen LogP) is 2.69. The Hall–Kier alpha value is -2.56. The van der Waals surface area contributed by atoms with Crippen molar-refractivity contribution in [2.45, 2.75) is 13.0 Å². The minimum atomic E-state index is -0.438. The minimum Gasteiger partial charge on any atom is -0.408 e. The molecule has 0 aliphatic rings. The fourth-order valence-corrected chi connectivity index (χ4v) is 2.01. The molecule has 3 rings (SSSR count). The smallest absolute Gasteiger partial charge is 0.408 e. The van der Waals surface area contributed by atoms with Crippen LogP contribution in [0.1, 0.15) is 18.5 Å². The second kappa shape index (κ2) is 4.61. The van der Waals surface area contributed by atoms with Gasteiger partial charge in [0.2, 0.25) is 0 Å². The molecule has 19 heavy (non-hydrogen) atoms. The van der Waals surface area contributed by atoms with Crippen molar-refractivity contribution in [2.24, 2.45) is 0 Å². The van der Waals surface area contributed by atoms with E-state index in [2.05, 4.69) is 22.2 Å². The molecular formula is C14H13N3O2. The van der Waals surface area contributed by atoms with Crippen molar-refractivity contribution in [3.63, 3.8) is 0 Å². The van der Waals surface area contributed by atoms with Gasteiger partial charge in [0.15, 0.2) is 5.58 Å².